The Morgan fingerprint density at radius 2 is 1.53 bits per heavy atom. The van der Waals surface area contributed by atoms with Gasteiger partial charge in [-0.25, -0.2) is 0 Å². The van der Waals surface area contributed by atoms with Gasteiger partial charge in [-0.15, -0.1) is 0 Å². The summed E-state index contributed by atoms with van der Waals surface area (Å²) in [5.41, 5.74) is 0. The Morgan fingerprint density at radius 1 is 0.842 bits per heavy atom. The Bertz CT molecular complexity index is 226. The topological polar surface area (TPSA) is 36.9 Å². The van der Waals surface area contributed by atoms with Gasteiger partial charge in [0.2, 0.25) is 0 Å². The van der Waals surface area contributed by atoms with Gasteiger partial charge in [0.05, 0.1) is 20.8 Å². The van der Waals surface area contributed by atoms with E-state index in [0.29, 0.717) is 5.95 Å². The van der Waals surface area contributed by atoms with Crippen LogP contribution in [0.4, 0.5) is 0 Å². The van der Waals surface area contributed by atoms with E-state index in [1.165, 1.54) is 25.7 Å². The van der Waals surface area contributed by atoms with Crippen molar-refractivity contribution in [3.05, 3.63) is 11.7 Å². The summed E-state index contributed by atoms with van der Waals surface area (Å²) >= 11 is 0. The highest BCUT2D eigenvalue weighted by molar-refractivity contribution is 4.94. The summed E-state index contributed by atoms with van der Waals surface area (Å²) < 4.78 is 21.4. The molecular weight excluding hydrogens is 244 g/mol. The molecule has 0 saturated carbocycles. The summed E-state index contributed by atoms with van der Waals surface area (Å²) in [6.07, 6.45) is 7.72. The second-order valence-corrected chi connectivity index (χ2v) is 4.45. The fourth-order valence-corrected chi connectivity index (χ4v) is 1.68. The van der Waals surface area contributed by atoms with Crippen molar-refractivity contribution in [2.24, 2.45) is 0 Å². The minimum atomic E-state index is 0.216. The minimum Gasteiger partial charge on any atom is -0.494 e. The van der Waals surface area contributed by atoms with Crippen LogP contribution in [0.2, 0.25) is 0 Å². The van der Waals surface area contributed by atoms with Crippen LogP contribution in [0.5, 0.6) is 0 Å². The predicted octanol–water partition coefficient (Wildman–Crippen LogP) is 4.21. The first-order valence-corrected chi connectivity index (χ1v) is 7.31. The standard InChI is InChI=1S/C15H30O4/c1-5-7-9-11-14(16-3)15(17-4)19-13-18-12-10-8-6-2/h5-13H2,1-4H3/b15-14-. The van der Waals surface area contributed by atoms with Crippen LogP contribution in [-0.2, 0) is 18.9 Å². The van der Waals surface area contributed by atoms with E-state index in [1.54, 1.807) is 14.2 Å². The van der Waals surface area contributed by atoms with Crippen LogP contribution in [0, 0.1) is 0 Å². The number of allylic oxidation sites excluding steroid dienone is 1. The summed E-state index contributed by atoms with van der Waals surface area (Å²) in [5.74, 6) is 1.20. The van der Waals surface area contributed by atoms with Crippen LogP contribution in [0.15, 0.2) is 11.7 Å². The van der Waals surface area contributed by atoms with Gasteiger partial charge in [0, 0.05) is 6.42 Å². The highest BCUT2D eigenvalue weighted by Crippen LogP contribution is 2.16. The lowest BCUT2D eigenvalue weighted by molar-refractivity contribution is -0.0746. The third-order valence-electron chi connectivity index (χ3n) is 2.83. The monoisotopic (exact) mass is 274 g/mol. The van der Waals surface area contributed by atoms with Gasteiger partial charge in [0.25, 0.3) is 0 Å². The smallest absolute Gasteiger partial charge is 0.320 e. The SMILES string of the molecule is CCCCCOCO/C(OC)=C(/CCCCC)OC. The van der Waals surface area contributed by atoms with E-state index < -0.39 is 0 Å². The molecule has 0 aromatic rings. The molecule has 4 nitrogen and oxygen atoms in total. The molecule has 0 saturated heterocycles. The quantitative estimate of drug-likeness (QED) is 0.286. The largest absolute Gasteiger partial charge is 0.494 e. The summed E-state index contributed by atoms with van der Waals surface area (Å²) in [6, 6.07) is 0. The normalized spacial score (nSPS) is 12.0. The zero-order valence-corrected chi connectivity index (χ0v) is 13.0. The van der Waals surface area contributed by atoms with Gasteiger partial charge in [0.1, 0.15) is 0 Å². The molecule has 0 aliphatic heterocycles. The number of unbranched alkanes of at least 4 members (excludes halogenated alkanes) is 4. The number of ether oxygens (including phenoxy) is 4. The first kappa shape index (κ1) is 18.1. The molecule has 0 radical (unpaired) electrons. The van der Waals surface area contributed by atoms with E-state index in [2.05, 4.69) is 13.8 Å². The van der Waals surface area contributed by atoms with Crippen molar-refractivity contribution in [1.82, 2.24) is 0 Å². The maximum absolute atomic E-state index is 5.47. The maximum Gasteiger partial charge on any atom is 0.320 e. The molecule has 0 aliphatic carbocycles. The van der Waals surface area contributed by atoms with Crippen LogP contribution >= 0.6 is 0 Å². The second-order valence-electron chi connectivity index (χ2n) is 4.45. The molecule has 0 aromatic carbocycles. The van der Waals surface area contributed by atoms with Gasteiger partial charge in [-0.3, -0.25) is 0 Å². The number of hydrogen-bond acceptors (Lipinski definition) is 4. The molecule has 0 aliphatic rings. The van der Waals surface area contributed by atoms with Crippen molar-refractivity contribution in [1.29, 1.82) is 0 Å². The average molecular weight is 274 g/mol. The number of methoxy groups -OCH3 is 2. The van der Waals surface area contributed by atoms with Gasteiger partial charge >= 0.3 is 5.95 Å². The Hall–Kier alpha value is -0.900. The minimum absolute atomic E-state index is 0.216. The molecule has 0 atom stereocenters. The molecule has 0 unspecified atom stereocenters. The summed E-state index contributed by atoms with van der Waals surface area (Å²) in [7, 11) is 3.23. The van der Waals surface area contributed by atoms with Gasteiger partial charge in [-0.2, -0.15) is 0 Å². The van der Waals surface area contributed by atoms with E-state index in [4.69, 9.17) is 18.9 Å². The maximum atomic E-state index is 5.47. The molecule has 0 bridgehead atoms. The lowest BCUT2D eigenvalue weighted by Crippen LogP contribution is -2.06. The fourth-order valence-electron chi connectivity index (χ4n) is 1.68. The highest BCUT2D eigenvalue weighted by Gasteiger charge is 2.09. The summed E-state index contributed by atoms with van der Waals surface area (Å²) in [5, 5.41) is 0. The molecule has 114 valence electrons. The Labute approximate surface area is 118 Å². The molecule has 0 N–H and O–H groups in total. The average Bonchev–Trinajstić information content (AvgIpc) is 2.44. The molecule has 0 heterocycles. The number of hydrogen-bond donors (Lipinski definition) is 0. The summed E-state index contributed by atoms with van der Waals surface area (Å²) in [4.78, 5) is 0. The molecule has 19 heavy (non-hydrogen) atoms. The predicted molar refractivity (Wildman–Crippen MR) is 76.6 cm³/mol. The van der Waals surface area contributed by atoms with E-state index in [1.807, 2.05) is 0 Å². The Morgan fingerprint density at radius 3 is 2.11 bits per heavy atom. The van der Waals surface area contributed by atoms with Crippen molar-refractivity contribution >= 4 is 0 Å². The number of rotatable bonds is 13. The van der Waals surface area contributed by atoms with E-state index in [-0.39, 0.29) is 6.79 Å². The first-order valence-electron chi connectivity index (χ1n) is 7.31. The molecule has 0 aromatic heterocycles. The van der Waals surface area contributed by atoms with Gasteiger partial charge < -0.3 is 18.9 Å². The second kappa shape index (κ2) is 13.5. The van der Waals surface area contributed by atoms with Gasteiger partial charge in [-0.05, 0) is 12.8 Å². The lowest BCUT2D eigenvalue weighted by Gasteiger charge is -2.14. The van der Waals surface area contributed by atoms with Crippen molar-refractivity contribution in [3.8, 4) is 0 Å². The molecule has 0 amide bonds. The zero-order valence-electron chi connectivity index (χ0n) is 13.0. The third-order valence-corrected chi connectivity index (χ3v) is 2.83. The highest BCUT2D eigenvalue weighted by atomic mass is 16.7. The van der Waals surface area contributed by atoms with Crippen molar-refractivity contribution in [2.45, 2.75) is 58.8 Å². The third kappa shape index (κ3) is 9.65. The molecule has 0 spiro atoms. The van der Waals surface area contributed by atoms with Crippen LogP contribution in [0.3, 0.4) is 0 Å². The van der Waals surface area contributed by atoms with Crippen molar-refractivity contribution in [3.63, 3.8) is 0 Å². The Kier molecular flexibility index (Phi) is 12.9. The molecule has 0 fully saturated rings. The zero-order chi connectivity index (χ0) is 14.3. The van der Waals surface area contributed by atoms with Crippen LogP contribution in [-0.4, -0.2) is 27.6 Å². The van der Waals surface area contributed by atoms with Crippen molar-refractivity contribution in [2.75, 3.05) is 27.6 Å². The van der Waals surface area contributed by atoms with Gasteiger partial charge in [0.15, 0.2) is 12.6 Å². The van der Waals surface area contributed by atoms with Crippen molar-refractivity contribution < 1.29 is 18.9 Å². The van der Waals surface area contributed by atoms with E-state index >= 15 is 0 Å². The lowest BCUT2D eigenvalue weighted by atomic mass is 10.2. The molecule has 0 rings (SSSR count). The van der Waals surface area contributed by atoms with Gasteiger partial charge in [-0.1, -0.05) is 39.5 Å². The Balaban J connectivity index is 3.97. The first-order chi connectivity index (χ1) is 9.29. The fraction of sp³-hybridized carbons (Fsp3) is 0.867. The van der Waals surface area contributed by atoms with E-state index in [0.717, 1.165) is 31.6 Å². The summed E-state index contributed by atoms with van der Waals surface area (Å²) in [6.45, 7) is 5.29. The van der Waals surface area contributed by atoms with Crippen LogP contribution < -0.4 is 0 Å². The molecular formula is C15H30O4. The van der Waals surface area contributed by atoms with Crippen LogP contribution in [0.1, 0.15) is 58.8 Å². The van der Waals surface area contributed by atoms with E-state index in [9.17, 15) is 0 Å². The molecule has 4 heteroatoms. The van der Waals surface area contributed by atoms with Crippen LogP contribution in [0.25, 0.3) is 0 Å².